The van der Waals surface area contributed by atoms with Crippen LogP contribution >= 0.6 is 0 Å². The number of unbranched alkanes of at least 4 members (excludes halogenated alkanes) is 1. The number of nitrogens with two attached hydrogens (primary N) is 1. The third kappa shape index (κ3) is 26.5. The van der Waals surface area contributed by atoms with Gasteiger partial charge in [-0.25, -0.2) is 0 Å². The van der Waals surface area contributed by atoms with E-state index in [4.69, 9.17) is 15.2 Å². The van der Waals surface area contributed by atoms with Crippen molar-refractivity contribution in [2.75, 3.05) is 32.9 Å². The van der Waals surface area contributed by atoms with Gasteiger partial charge < -0.3 is 31.2 Å². The smallest absolute Gasteiger partial charge is 0.242 e. The molecule has 0 radical (unpaired) electrons. The first kappa shape index (κ1) is 60.7. The van der Waals surface area contributed by atoms with Crippen LogP contribution in [0.2, 0.25) is 0 Å². The average molecular weight is 947 g/mol. The van der Waals surface area contributed by atoms with Gasteiger partial charge in [0.1, 0.15) is 18.4 Å². The average Bonchev–Trinajstić information content (AvgIpc) is 3.20. The van der Waals surface area contributed by atoms with Gasteiger partial charge in [-0.3, -0.25) is 14.4 Å². The molecule has 8 atom stereocenters. The number of amides is 3. The predicted octanol–water partition coefficient (Wildman–Crippen LogP) is 13.1. The van der Waals surface area contributed by atoms with Gasteiger partial charge in [-0.05, 0) is 139 Å². The molecule has 0 aliphatic rings. The number of hydrogen-bond acceptors (Lipinski definition) is 6. The molecule has 3 amide bonds. The Morgan fingerprint density at radius 3 is 1.49 bits per heavy atom. The Kier molecular flexibility index (Phi) is 25.9. The molecule has 5 N–H and O–H groups in total. The first-order valence-electron chi connectivity index (χ1n) is 26.5. The lowest BCUT2D eigenvalue weighted by molar-refractivity contribution is -0.133. The zero-order valence-electron chi connectivity index (χ0n) is 46.2. The molecule has 0 aliphatic heterocycles. The van der Waals surface area contributed by atoms with Gasteiger partial charge >= 0.3 is 0 Å². The molecule has 0 aromatic heterocycles. The zero-order valence-corrected chi connectivity index (χ0v) is 46.2. The molecule has 0 spiro atoms. The first-order valence-corrected chi connectivity index (χ1v) is 26.5. The van der Waals surface area contributed by atoms with Crippen molar-refractivity contribution in [3.05, 3.63) is 65.7 Å². The molecule has 9 heteroatoms. The van der Waals surface area contributed by atoms with E-state index in [2.05, 4.69) is 127 Å². The Labute approximate surface area is 416 Å². The Balaban J connectivity index is 2.09. The molecule has 0 saturated heterocycles. The van der Waals surface area contributed by atoms with Gasteiger partial charge in [0.05, 0.1) is 19.3 Å². The van der Waals surface area contributed by atoms with Gasteiger partial charge in [0.2, 0.25) is 17.7 Å². The molecular formula is C59H102N4O5. The Morgan fingerprint density at radius 1 is 0.515 bits per heavy atom. The highest BCUT2D eigenvalue weighted by molar-refractivity contribution is 5.88. The highest BCUT2D eigenvalue weighted by Gasteiger charge is 2.33. The van der Waals surface area contributed by atoms with Crippen molar-refractivity contribution < 1.29 is 23.9 Å². The SMILES string of the molecule is CC(CCC(C(=O)NCCCCC(NC(=O)C(CCC(C)CC(C)(C)C)C(C)CC(C)(C)C)C(=O)NCCOCCOc1ccc(C(N)c2ccccc2)cc1)C(C)CC(C)(C)C)CC(C)(C)C. The minimum atomic E-state index is -0.695. The van der Waals surface area contributed by atoms with E-state index in [1.165, 1.54) is 0 Å². The Hall–Kier alpha value is -3.43. The lowest BCUT2D eigenvalue weighted by Crippen LogP contribution is -2.50. The van der Waals surface area contributed by atoms with Gasteiger partial charge in [0, 0.05) is 24.9 Å². The number of carbonyl (C=O) groups is 3. The fourth-order valence-corrected chi connectivity index (χ4v) is 10.5. The van der Waals surface area contributed by atoms with Gasteiger partial charge in [-0.15, -0.1) is 0 Å². The first-order chi connectivity index (χ1) is 31.5. The van der Waals surface area contributed by atoms with Crippen molar-refractivity contribution in [3.8, 4) is 5.75 Å². The summed E-state index contributed by atoms with van der Waals surface area (Å²) in [5.74, 6) is 1.83. The highest BCUT2D eigenvalue weighted by atomic mass is 16.5. The van der Waals surface area contributed by atoms with Gasteiger partial charge in [-0.1, -0.05) is 153 Å². The predicted molar refractivity (Wildman–Crippen MR) is 285 cm³/mol. The summed E-state index contributed by atoms with van der Waals surface area (Å²) < 4.78 is 11.8. The normalized spacial score (nSPS) is 16.1. The summed E-state index contributed by atoms with van der Waals surface area (Å²) >= 11 is 0. The highest BCUT2D eigenvalue weighted by Crippen LogP contribution is 2.36. The van der Waals surface area contributed by atoms with E-state index in [0.29, 0.717) is 64.0 Å². The van der Waals surface area contributed by atoms with E-state index in [9.17, 15) is 14.4 Å². The summed E-state index contributed by atoms with van der Waals surface area (Å²) in [7, 11) is 0. The van der Waals surface area contributed by atoms with Crippen molar-refractivity contribution in [1.29, 1.82) is 0 Å². The summed E-state index contributed by atoms with van der Waals surface area (Å²) in [6.07, 6.45) is 9.66. The summed E-state index contributed by atoms with van der Waals surface area (Å²) in [6, 6.07) is 16.9. The maximum Gasteiger partial charge on any atom is 0.242 e. The summed E-state index contributed by atoms with van der Waals surface area (Å²) in [5.41, 5.74) is 9.20. The lowest BCUT2D eigenvalue weighted by atomic mass is 9.75. The van der Waals surface area contributed by atoms with Crippen LogP contribution in [0.25, 0.3) is 0 Å². The molecule has 0 aliphatic carbocycles. The maximum absolute atomic E-state index is 14.4. The third-order valence-electron chi connectivity index (χ3n) is 13.1. The van der Waals surface area contributed by atoms with Crippen LogP contribution in [0, 0.1) is 57.2 Å². The van der Waals surface area contributed by atoms with Crippen molar-refractivity contribution in [2.24, 2.45) is 62.9 Å². The second-order valence-corrected chi connectivity index (χ2v) is 25.6. The van der Waals surface area contributed by atoms with Crippen LogP contribution in [-0.2, 0) is 19.1 Å². The molecular weight excluding hydrogens is 845 g/mol. The number of carbonyl (C=O) groups excluding carboxylic acids is 3. The van der Waals surface area contributed by atoms with E-state index in [0.717, 1.165) is 68.2 Å². The second kappa shape index (κ2) is 29.0. The third-order valence-corrected chi connectivity index (χ3v) is 13.1. The lowest BCUT2D eigenvalue weighted by Gasteiger charge is -2.32. The molecule has 0 saturated carbocycles. The molecule has 2 aromatic rings. The topological polar surface area (TPSA) is 132 Å². The molecule has 2 aromatic carbocycles. The van der Waals surface area contributed by atoms with Crippen LogP contribution in [0.15, 0.2) is 54.6 Å². The van der Waals surface area contributed by atoms with Crippen LogP contribution in [0.3, 0.4) is 0 Å². The molecule has 9 nitrogen and oxygen atoms in total. The minimum absolute atomic E-state index is 0.0435. The fourth-order valence-electron chi connectivity index (χ4n) is 10.5. The Bertz CT molecular complexity index is 1720. The molecule has 388 valence electrons. The van der Waals surface area contributed by atoms with Gasteiger partial charge in [0.15, 0.2) is 0 Å². The number of ether oxygens (including phenoxy) is 2. The number of hydrogen-bond donors (Lipinski definition) is 4. The monoisotopic (exact) mass is 947 g/mol. The standard InChI is InChI=1S/C59H102N4O5/c1-42(38-56(5,6)7)25-31-49(44(3)40-58(11,12)13)53(64)61-33-21-20-24-51(63-54(65)50(45(4)41-59(14,15)16)32-26-43(2)39-57(8,9)10)55(66)62-34-35-67-36-37-68-48-29-27-47(28-30-48)52(60)46-22-18-17-19-23-46/h17-19,22-23,27-30,42-45,49-52H,20-21,24-26,31-41,60H2,1-16H3,(H,61,64)(H,62,66)(H,63,65). The van der Waals surface area contributed by atoms with E-state index >= 15 is 0 Å². The van der Waals surface area contributed by atoms with Gasteiger partial charge in [0.25, 0.3) is 0 Å². The van der Waals surface area contributed by atoms with Crippen molar-refractivity contribution in [2.45, 2.75) is 193 Å². The van der Waals surface area contributed by atoms with Crippen LogP contribution < -0.4 is 26.4 Å². The molecule has 8 unspecified atom stereocenters. The quantitative estimate of drug-likeness (QED) is 0.0577. The number of rotatable bonds is 30. The molecule has 0 bridgehead atoms. The fraction of sp³-hybridized carbons (Fsp3) is 0.746. The van der Waals surface area contributed by atoms with Crippen molar-refractivity contribution in [3.63, 3.8) is 0 Å². The summed E-state index contributed by atoms with van der Waals surface area (Å²) in [6.45, 7) is 38.0. The van der Waals surface area contributed by atoms with Crippen LogP contribution in [0.1, 0.15) is 199 Å². The van der Waals surface area contributed by atoms with E-state index in [1.807, 2.05) is 54.6 Å². The van der Waals surface area contributed by atoms with Crippen LogP contribution in [-0.4, -0.2) is 56.7 Å². The van der Waals surface area contributed by atoms with E-state index in [1.54, 1.807) is 0 Å². The maximum atomic E-state index is 14.4. The minimum Gasteiger partial charge on any atom is -0.491 e. The van der Waals surface area contributed by atoms with E-state index < -0.39 is 6.04 Å². The second-order valence-electron chi connectivity index (χ2n) is 25.6. The zero-order chi connectivity index (χ0) is 51.3. The molecule has 0 fully saturated rings. The number of benzene rings is 2. The molecule has 2 rings (SSSR count). The summed E-state index contributed by atoms with van der Waals surface area (Å²) in [5, 5.41) is 9.58. The van der Waals surface area contributed by atoms with Crippen LogP contribution in [0.5, 0.6) is 5.75 Å². The number of nitrogens with one attached hydrogen (secondary N) is 3. The Morgan fingerprint density at radius 2 is 0.985 bits per heavy atom. The largest absolute Gasteiger partial charge is 0.491 e. The van der Waals surface area contributed by atoms with Crippen molar-refractivity contribution >= 4 is 17.7 Å². The van der Waals surface area contributed by atoms with Crippen molar-refractivity contribution in [1.82, 2.24) is 16.0 Å². The van der Waals surface area contributed by atoms with Crippen LogP contribution in [0.4, 0.5) is 0 Å². The summed E-state index contributed by atoms with van der Waals surface area (Å²) in [4.78, 5) is 42.2. The van der Waals surface area contributed by atoms with E-state index in [-0.39, 0.29) is 69.1 Å². The van der Waals surface area contributed by atoms with Gasteiger partial charge in [-0.2, -0.15) is 0 Å². The molecule has 68 heavy (non-hydrogen) atoms. The molecule has 0 heterocycles.